The molecule has 2 N–H and O–H groups in total. The minimum absolute atomic E-state index is 0.0398. The molecule has 1 unspecified atom stereocenters. The Bertz CT molecular complexity index is 955. The average molecular weight is 348 g/mol. The number of hydrogen-bond donors (Lipinski definition) is 2. The van der Waals surface area contributed by atoms with Crippen molar-refractivity contribution in [2.45, 2.75) is 51.7 Å². The van der Waals surface area contributed by atoms with Crippen molar-refractivity contribution < 1.29 is 4.90 Å². The van der Waals surface area contributed by atoms with Crippen molar-refractivity contribution in [2.75, 3.05) is 0 Å². The zero-order valence-electron chi connectivity index (χ0n) is 15.5. The summed E-state index contributed by atoms with van der Waals surface area (Å²) in [6.07, 6.45) is 2.52. The van der Waals surface area contributed by atoms with Gasteiger partial charge in [0.1, 0.15) is 13.1 Å². The largest absolute Gasteiger partial charge is 0.322 e. The van der Waals surface area contributed by atoms with E-state index >= 15 is 0 Å². The van der Waals surface area contributed by atoms with Gasteiger partial charge in [-0.25, -0.2) is 4.98 Å². The first-order valence-corrected chi connectivity index (χ1v) is 9.51. The van der Waals surface area contributed by atoms with Crippen LogP contribution in [0.15, 0.2) is 53.3 Å². The number of benzene rings is 2. The maximum atomic E-state index is 12.3. The van der Waals surface area contributed by atoms with Crippen LogP contribution in [0.3, 0.4) is 0 Å². The predicted octanol–water partition coefficient (Wildman–Crippen LogP) is 2.79. The topological polar surface area (TPSA) is 50.2 Å². The third-order valence-corrected chi connectivity index (χ3v) is 5.29. The lowest BCUT2D eigenvalue weighted by atomic mass is 10.0. The molecule has 1 aliphatic rings. The van der Waals surface area contributed by atoms with E-state index in [2.05, 4.69) is 48.1 Å². The Hall–Kier alpha value is -2.46. The number of aromatic nitrogens is 2. The number of quaternary nitrogens is 1. The summed E-state index contributed by atoms with van der Waals surface area (Å²) in [5.41, 5.74) is 3.46. The average Bonchev–Trinajstić information content (AvgIpc) is 3.47. The van der Waals surface area contributed by atoms with Crippen LogP contribution in [-0.2, 0) is 13.1 Å². The van der Waals surface area contributed by atoms with E-state index in [1.165, 1.54) is 28.9 Å². The maximum Gasteiger partial charge on any atom is 0.258 e. The van der Waals surface area contributed by atoms with Gasteiger partial charge < -0.3 is 9.88 Å². The van der Waals surface area contributed by atoms with Crippen LogP contribution in [0.1, 0.15) is 49.6 Å². The Morgan fingerprint density at radius 2 is 1.81 bits per heavy atom. The highest BCUT2D eigenvalue weighted by molar-refractivity contribution is 5.77. The summed E-state index contributed by atoms with van der Waals surface area (Å²) >= 11 is 0. The molecule has 0 aliphatic heterocycles. The summed E-state index contributed by atoms with van der Waals surface area (Å²) in [5, 5.41) is 0.661. The Morgan fingerprint density at radius 1 is 1.08 bits per heavy atom. The lowest BCUT2D eigenvalue weighted by Crippen LogP contribution is -3.10. The molecule has 4 nitrogen and oxygen atoms in total. The van der Waals surface area contributed by atoms with Gasteiger partial charge in [-0.3, -0.25) is 4.79 Å². The van der Waals surface area contributed by atoms with Gasteiger partial charge in [0.15, 0.2) is 5.82 Å². The minimum Gasteiger partial charge on any atom is -0.322 e. The van der Waals surface area contributed by atoms with Crippen molar-refractivity contribution in [1.82, 2.24) is 9.97 Å². The molecule has 2 aromatic carbocycles. The van der Waals surface area contributed by atoms with Crippen molar-refractivity contribution >= 4 is 10.9 Å². The molecule has 1 atom stereocenters. The Balaban J connectivity index is 1.55. The molecule has 1 fully saturated rings. The fraction of sp³-hybridized carbons (Fsp3) is 0.364. The van der Waals surface area contributed by atoms with Crippen LogP contribution in [0, 0.1) is 0 Å². The van der Waals surface area contributed by atoms with Crippen LogP contribution in [0.5, 0.6) is 0 Å². The van der Waals surface area contributed by atoms with E-state index in [-0.39, 0.29) is 5.56 Å². The van der Waals surface area contributed by atoms with Gasteiger partial charge >= 0.3 is 0 Å². The van der Waals surface area contributed by atoms with E-state index in [0.29, 0.717) is 17.3 Å². The van der Waals surface area contributed by atoms with Crippen LogP contribution < -0.4 is 10.5 Å². The molecule has 1 aromatic heterocycles. The molecular weight excluding hydrogens is 322 g/mol. The molecule has 0 saturated heterocycles. The van der Waals surface area contributed by atoms with Gasteiger partial charge in [0, 0.05) is 18.4 Å². The summed E-state index contributed by atoms with van der Waals surface area (Å²) in [7, 11) is 0. The number of fused-ring (bicyclic) bond motifs is 1. The molecule has 1 saturated carbocycles. The van der Waals surface area contributed by atoms with Crippen molar-refractivity contribution in [1.29, 1.82) is 0 Å². The van der Waals surface area contributed by atoms with Crippen LogP contribution >= 0.6 is 0 Å². The molecule has 0 amide bonds. The van der Waals surface area contributed by atoms with Crippen molar-refractivity contribution in [3.8, 4) is 0 Å². The van der Waals surface area contributed by atoms with Gasteiger partial charge in [0.2, 0.25) is 0 Å². The quantitative estimate of drug-likeness (QED) is 0.720. The van der Waals surface area contributed by atoms with E-state index < -0.39 is 0 Å². The van der Waals surface area contributed by atoms with Gasteiger partial charge in [-0.15, -0.1) is 0 Å². The Kier molecular flexibility index (Phi) is 4.60. The highest BCUT2D eigenvalue weighted by atomic mass is 16.1. The number of H-pyrrole nitrogens is 1. The fourth-order valence-electron chi connectivity index (χ4n) is 3.56. The highest BCUT2D eigenvalue weighted by Gasteiger charge is 2.33. The van der Waals surface area contributed by atoms with Crippen LogP contribution in [0.4, 0.5) is 0 Å². The summed E-state index contributed by atoms with van der Waals surface area (Å²) in [5.74, 6) is 1.34. The van der Waals surface area contributed by atoms with Gasteiger partial charge in [-0.1, -0.05) is 50.2 Å². The minimum atomic E-state index is -0.0398. The molecule has 1 heterocycles. The predicted molar refractivity (Wildman–Crippen MR) is 104 cm³/mol. The van der Waals surface area contributed by atoms with E-state index in [1.807, 2.05) is 24.3 Å². The molecule has 0 bridgehead atoms. The molecule has 0 radical (unpaired) electrons. The van der Waals surface area contributed by atoms with E-state index in [1.54, 1.807) is 0 Å². The second-order valence-electron chi connectivity index (χ2n) is 7.71. The first-order valence-electron chi connectivity index (χ1n) is 9.51. The zero-order chi connectivity index (χ0) is 18.1. The maximum absolute atomic E-state index is 12.3. The van der Waals surface area contributed by atoms with Crippen LogP contribution in [0.25, 0.3) is 10.9 Å². The molecule has 134 valence electrons. The molecule has 4 heteroatoms. The summed E-state index contributed by atoms with van der Waals surface area (Å²) in [6, 6.07) is 17.2. The molecule has 0 spiro atoms. The van der Waals surface area contributed by atoms with Gasteiger partial charge in [0.25, 0.3) is 5.56 Å². The SMILES string of the molecule is CC(C)c1ccc(C[NH+](Cc2nc3ccccc3c(=O)[nH]2)C2CC2)cc1. The second kappa shape index (κ2) is 7.04. The summed E-state index contributed by atoms with van der Waals surface area (Å²) < 4.78 is 0. The third-order valence-electron chi connectivity index (χ3n) is 5.29. The molecule has 26 heavy (non-hydrogen) atoms. The fourth-order valence-corrected chi connectivity index (χ4v) is 3.56. The van der Waals surface area contributed by atoms with E-state index in [4.69, 9.17) is 0 Å². The summed E-state index contributed by atoms with van der Waals surface area (Å²) in [6.45, 7) is 6.17. The lowest BCUT2D eigenvalue weighted by molar-refractivity contribution is -0.939. The Morgan fingerprint density at radius 3 is 2.50 bits per heavy atom. The monoisotopic (exact) mass is 348 g/mol. The van der Waals surface area contributed by atoms with Gasteiger partial charge in [-0.05, 0) is 23.6 Å². The molecule has 4 rings (SSSR count). The first kappa shape index (κ1) is 17.0. The summed E-state index contributed by atoms with van der Waals surface area (Å²) in [4.78, 5) is 21.5. The number of para-hydroxylation sites is 1. The third kappa shape index (κ3) is 3.70. The van der Waals surface area contributed by atoms with E-state index in [0.717, 1.165) is 24.4 Å². The zero-order valence-corrected chi connectivity index (χ0v) is 15.5. The normalized spacial score (nSPS) is 15.5. The van der Waals surface area contributed by atoms with Crippen LogP contribution in [-0.4, -0.2) is 16.0 Å². The second-order valence-corrected chi connectivity index (χ2v) is 7.71. The Labute approximate surface area is 153 Å². The number of hydrogen-bond acceptors (Lipinski definition) is 2. The number of rotatable bonds is 6. The van der Waals surface area contributed by atoms with Crippen molar-refractivity contribution in [2.24, 2.45) is 0 Å². The van der Waals surface area contributed by atoms with Gasteiger partial charge in [-0.2, -0.15) is 0 Å². The molecular formula is C22H26N3O+. The lowest BCUT2D eigenvalue weighted by Gasteiger charge is -2.19. The smallest absolute Gasteiger partial charge is 0.258 e. The molecule has 1 aliphatic carbocycles. The first-order chi connectivity index (χ1) is 12.6. The molecule has 3 aromatic rings. The number of nitrogens with one attached hydrogen (secondary N) is 2. The van der Waals surface area contributed by atoms with Crippen LogP contribution in [0.2, 0.25) is 0 Å². The van der Waals surface area contributed by atoms with Crippen molar-refractivity contribution in [3.63, 3.8) is 0 Å². The number of aromatic amines is 1. The van der Waals surface area contributed by atoms with Crippen molar-refractivity contribution in [3.05, 3.63) is 75.8 Å². The highest BCUT2D eigenvalue weighted by Crippen LogP contribution is 2.18. The van der Waals surface area contributed by atoms with E-state index in [9.17, 15) is 4.79 Å². The number of nitrogens with zero attached hydrogens (tertiary/aromatic N) is 1. The van der Waals surface area contributed by atoms with Gasteiger partial charge in [0.05, 0.1) is 16.9 Å². The standard InChI is InChI=1S/C22H25N3O/c1-15(2)17-9-7-16(8-10-17)13-25(18-11-12-18)14-21-23-20-6-4-3-5-19(20)22(26)24-21/h3-10,15,18H,11-14H2,1-2H3,(H,23,24,26)/p+1.